The van der Waals surface area contributed by atoms with Crippen LogP contribution in [0.25, 0.3) is 0 Å². The molecule has 0 aliphatic heterocycles. The van der Waals surface area contributed by atoms with Gasteiger partial charge in [-0.2, -0.15) is 13.2 Å². The van der Waals surface area contributed by atoms with Gasteiger partial charge in [-0.15, -0.1) is 0 Å². The highest BCUT2D eigenvalue weighted by Gasteiger charge is 2.64. The average molecular weight is 262 g/mol. The Bertz CT molecular complexity index is 414. The zero-order chi connectivity index (χ0) is 13.4. The minimum Gasteiger partial charge on any atom is -0.505 e. The second kappa shape index (κ2) is 4.08. The van der Waals surface area contributed by atoms with Gasteiger partial charge in [0.2, 0.25) is 0 Å². The van der Waals surface area contributed by atoms with Crippen LogP contribution >= 0.6 is 0 Å². The van der Waals surface area contributed by atoms with Crippen LogP contribution in [-0.4, -0.2) is 17.7 Å². The van der Waals surface area contributed by atoms with E-state index in [1.165, 1.54) is 0 Å². The SMILES string of the molecule is Oc1ccc(C(F)(C(F)F)C(F)(F)F)cc1F. The summed E-state index contributed by atoms with van der Waals surface area (Å²) in [6, 6.07) is 0.500. The highest BCUT2D eigenvalue weighted by atomic mass is 19.4. The van der Waals surface area contributed by atoms with Gasteiger partial charge >= 0.3 is 6.18 Å². The molecule has 1 aromatic carbocycles. The predicted octanol–water partition coefficient (Wildman–Crippen LogP) is 3.52. The molecule has 1 unspecified atom stereocenters. The van der Waals surface area contributed by atoms with Gasteiger partial charge in [-0.25, -0.2) is 17.6 Å². The number of phenolic OH excluding ortho intramolecular Hbond substituents is 1. The van der Waals surface area contributed by atoms with Crippen molar-refractivity contribution in [2.75, 3.05) is 0 Å². The maximum Gasteiger partial charge on any atom is 0.432 e. The van der Waals surface area contributed by atoms with Crippen molar-refractivity contribution < 1.29 is 35.8 Å². The topological polar surface area (TPSA) is 20.2 Å². The minimum atomic E-state index is -5.90. The van der Waals surface area contributed by atoms with Crippen LogP contribution in [0.2, 0.25) is 0 Å². The molecule has 0 radical (unpaired) electrons. The van der Waals surface area contributed by atoms with Crippen LogP contribution in [0.5, 0.6) is 5.75 Å². The first-order valence-electron chi connectivity index (χ1n) is 4.13. The van der Waals surface area contributed by atoms with Crippen molar-refractivity contribution in [3.8, 4) is 5.75 Å². The summed E-state index contributed by atoms with van der Waals surface area (Å²) in [4.78, 5) is 0. The van der Waals surface area contributed by atoms with Gasteiger partial charge in [0.25, 0.3) is 12.1 Å². The fourth-order valence-corrected chi connectivity index (χ4v) is 1.15. The monoisotopic (exact) mass is 262 g/mol. The lowest BCUT2D eigenvalue weighted by atomic mass is 9.95. The largest absolute Gasteiger partial charge is 0.505 e. The standard InChI is InChI=1S/C9H5F7O/c10-5-3-4(1-2-6(5)17)8(13,7(11)12)9(14,15)16/h1-3,7,17H. The lowest BCUT2D eigenvalue weighted by Gasteiger charge is -2.27. The number of hydrogen-bond donors (Lipinski definition) is 1. The van der Waals surface area contributed by atoms with E-state index in [1.807, 2.05) is 0 Å². The van der Waals surface area contributed by atoms with E-state index in [1.54, 1.807) is 0 Å². The molecule has 0 amide bonds. The number of aromatic hydroxyl groups is 1. The van der Waals surface area contributed by atoms with Gasteiger partial charge in [0.15, 0.2) is 11.6 Å². The molecule has 1 aromatic rings. The molecule has 1 nitrogen and oxygen atoms in total. The van der Waals surface area contributed by atoms with Crippen LogP contribution in [0.1, 0.15) is 5.56 Å². The van der Waals surface area contributed by atoms with Crippen LogP contribution in [0.4, 0.5) is 30.7 Å². The molecule has 0 aliphatic carbocycles. The summed E-state index contributed by atoms with van der Waals surface area (Å²) in [5.74, 6) is -2.68. The Hall–Kier alpha value is -1.47. The summed E-state index contributed by atoms with van der Waals surface area (Å²) < 4.78 is 87.2. The molecular formula is C9H5F7O. The number of phenols is 1. The lowest BCUT2D eigenvalue weighted by molar-refractivity contribution is -0.274. The van der Waals surface area contributed by atoms with E-state index in [0.717, 1.165) is 0 Å². The Morgan fingerprint density at radius 2 is 1.59 bits per heavy atom. The maximum atomic E-state index is 13.3. The molecule has 96 valence electrons. The Balaban J connectivity index is 3.39. The molecule has 0 heterocycles. The fourth-order valence-electron chi connectivity index (χ4n) is 1.15. The van der Waals surface area contributed by atoms with Crippen molar-refractivity contribution in [3.05, 3.63) is 29.6 Å². The molecule has 0 saturated carbocycles. The molecule has 0 spiro atoms. The lowest BCUT2D eigenvalue weighted by Crippen LogP contribution is -2.44. The van der Waals surface area contributed by atoms with Crippen LogP contribution < -0.4 is 0 Å². The molecule has 17 heavy (non-hydrogen) atoms. The van der Waals surface area contributed by atoms with Crippen molar-refractivity contribution in [2.45, 2.75) is 18.3 Å². The second-order valence-corrected chi connectivity index (χ2v) is 3.18. The van der Waals surface area contributed by atoms with Gasteiger partial charge in [0.05, 0.1) is 0 Å². The zero-order valence-corrected chi connectivity index (χ0v) is 7.90. The van der Waals surface area contributed by atoms with Crippen molar-refractivity contribution in [1.82, 2.24) is 0 Å². The highest BCUT2D eigenvalue weighted by molar-refractivity contribution is 5.33. The summed E-state index contributed by atoms with van der Waals surface area (Å²) in [5.41, 5.74) is -6.57. The third-order valence-corrected chi connectivity index (χ3v) is 2.08. The zero-order valence-electron chi connectivity index (χ0n) is 7.90. The number of hydrogen-bond acceptors (Lipinski definition) is 1. The van der Waals surface area contributed by atoms with Crippen LogP contribution in [-0.2, 0) is 5.67 Å². The summed E-state index contributed by atoms with van der Waals surface area (Å²) in [6.45, 7) is 0. The Morgan fingerprint density at radius 3 is 1.94 bits per heavy atom. The highest BCUT2D eigenvalue weighted by Crippen LogP contribution is 2.47. The van der Waals surface area contributed by atoms with Gasteiger partial charge in [0.1, 0.15) is 0 Å². The number of alkyl halides is 6. The summed E-state index contributed by atoms with van der Waals surface area (Å²) >= 11 is 0. The minimum absolute atomic E-state index is 0.116. The molecule has 0 bridgehead atoms. The van der Waals surface area contributed by atoms with Gasteiger partial charge in [-0.1, -0.05) is 6.07 Å². The third kappa shape index (κ3) is 2.16. The van der Waals surface area contributed by atoms with Crippen molar-refractivity contribution in [3.63, 3.8) is 0 Å². The molecule has 0 aliphatic rings. The molecule has 1 rings (SSSR count). The van der Waals surface area contributed by atoms with E-state index in [2.05, 4.69) is 0 Å². The van der Waals surface area contributed by atoms with E-state index in [4.69, 9.17) is 5.11 Å². The second-order valence-electron chi connectivity index (χ2n) is 3.18. The summed E-state index contributed by atoms with van der Waals surface area (Å²) in [7, 11) is 0. The molecular weight excluding hydrogens is 257 g/mol. The molecule has 0 aromatic heterocycles. The third-order valence-electron chi connectivity index (χ3n) is 2.08. The Kier molecular flexibility index (Phi) is 3.26. The van der Waals surface area contributed by atoms with Crippen LogP contribution in [0.15, 0.2) is 18.2 Å². The van der Waals surface area contributed by atoms with E-state index >= 15 is 0 Å². The van der Waals surface area contributed by atoms with Gasteiger partial charge < -0.3 is 5.11 Å². The smallest absolute Gasteiger partial charge is 0.432 e. The first-order valence-corrected chi connectivity index (χ1v) is 4.13. The van der Waals surface area contributed by atoms with E-state index in [9.17, 15) is 30.7 Å². The first-order chi connectivity index (χ1) is 7.60. The molecule has 0 fully saturated rings. The number of halogens is 7. The van der Waals surface area contributed by atoms with Gasteiger partial charge in [-0.05, 0) is 12.1 Å². The van der Waals surface area contributed by atoms with Crippen LogP contribution in [0.3, 0.4) is 0 Å². The summed E-state index contributed by atoms with van der Waals surface area (Å²) in [5, 5.41) is 8.68. The average Bonchev–Trinajstić information content (AvgIpc) is 2.19. The quantitative estimate of drug-likeness (QED) is 0.808. The van der Waals surface area contributed by atoms with E-state index < -0.39 is 35.4 Å². The van der Waals surface area contributed by atoms with Crippen molar-refractivity contribution in [1.29, 1.82) is 0 Å². The maximum absolute atomic E-state index is 13.3. The first kappa shape index (κ1) is 13.6. The van der Waals surface area contributed by atoms with E-state index in [-0.39, 0.29) is 12.1 Å². The molecule has 8 heteroatoms. The van der Waals surface area contributed by atoms with Crippen LogP contribution in [0, 0.1) is 5.82 Å². The predicted molar refractivity (Wildman–Crippen MR) is 42.9 cm³/mol. The number of benzene rings is 1. The van der Waals surface area contributed by atoms with Crippen molar-refractivity contribution >= 4 is 0 Å². The summed E-state index contributed by atoms with van der Waals surface area (Å²) in [6.07, 6.45) is -10.3. The van der Waals surface area contributed by atoms with Gasteiger partial charge in [0, 0.05) is 5.56 Å². The normalized spacial score (nSPS) is 16.0. The molecule has 1 N–H and O–H groups in total. The number of rotatable bonds is 2. The molecule has 1 atom stereocenters. The molecule has 0 saturated heterocycles. The fraction of sp³-hybridized carbons (Fsp3) is 0.333. The Labute approximate surface area is 90.5 Å². The van der Waals surface area contributed by atoms with Crippen molar-refractivity contribution in [2.24, 2.45) is 0 Å². The Morgan fingerprint density at radius 1 is 1.06 bits per heavy atom. The van der Waals surface area contributed by atoms with E-state index in [0.29, 0.717) is 6.07 Å². The van der Waals surface area contributed by atoms with Gasteiger partial charge in [-0.3, -0.25) is 0 Å².